The summed E-state index contributed by atoms with van der Waals surface area (Å²) in [6, 6.07) is 1.76. The Morgan fingerprint density at radius 3 is 2.68 bits per heavy atom. The maximum absolute atomic E-state index is 14.5. The Morgan fingerprint density at radius 1 is 1.37 bits per heavy atom. The average Bonchev–Trinajstić information content (AvgIpc) is 2.36. The van der Waals surface area contributed by atoms with Crippen molar-refractivity contribution >= 4 is 5.82 Å². The normalized spacial score (nSPS) is 23.7. The molecule has 1 N–H and O–H groups in total. The molecule has 19 heavy (non-hydrogen) atoms. The van der Waals surface area contributed by atoms with Gasteiger partial charge in [-0.25, -0.2) is 9.37 Å². The molecule has 3 nitrogen and oxygen atoms in total. The van der Waals surface area contributed by atoms with E-state index in [-0.39, 0.29) is 5.82 Å². The minimum absolute atomic E-state index is 0.162. The van der Waals surface area contributed by atoms with Gasteiger partial charge in [-0.1, -0.05) is 20.8 Å². The third-order valence-corrected chi connectivity index (χ3v) is 3.68. The highest BCUT2D eigenvalue weighted by atomic mass is 19.1. The molecule has 0 radical (unpaired) electrons. The van der Waals surface area contributed by atoms with Crippen molar-refractivity contribution in [3.63, 3.8) is 0 Å². The van der Waals surface area contributed by atoms with Gasteiger partial charge in [0.1, 0.15) is 0 Å². The zero-order valence-corrected chi connectivity index (χ0v) is 12.1. The standard InChI is InChI=1S/C15H24FN3/c1-4-17-8-13-5-6-18-15(14(13)16)19-9-11(2)7-12(3)10-19/h5-6,11-12,17H,4,7-10H2,1-3H3. The number of rotatable bonds is 4. The van der Waals surface area contributed by atoms with Gasteiger partial charge < -0.3 is 10.2 Å². The molecule has 2 rings (SSSR count). The molecule has 0 amide bonds. The number of nitrogens with zero attached hydrogens (tertiary/aromatic N) is 2. The highest BCUT2D eigenvalue weighted by Gasteiger charge is 2.25. The van der Waals surface area contributed by atoms with Crippen molar-refractivity contribution in [3.8, 4) is 0 Å². The van der Waals surface area contributed by atoms with E-state index in [0.29, 0.717) is 29.8 Å². The summed E-state index contributed by atoms with van der Waals surface area (Å²) >= 11 is 0. The van der Waals surface area contributed by atoms with Crippen molar-refractivity contribution in [2.45, 2.75) is 33.7 Å². The predicted molar refractivity (Wildman–Crippen MR) is 76.7 cm³/mol. The largest absolute Gasteiger partial charge is 0.354 e. The smallest absolute Gasteiger partial charge is 0.170 e. The number of piperidine rings is 1. The zero-order valence-electron chi connectivity index (χ0n) is 12.1. The SMILES string of the molecule is CCNCc1ccnc(N2CC(C)CC(C)C2)c1F. The average molecular weight is 265 g/mol. The summed E-state index contributed by atoms with van der Waals surface area (Å²) in [4.78, 5) is 6.36. The minimum atomic E-state index is -0.162. The lowest BCUT2D eigenvalue weighted by Crippen LogP contribution is -2.39. The molecule has 0 aliphatic carbocycles. The van der Waals surface area contributed by atoms with E-state index in [9.17, 15) is 4.39 Å². The number of hydrogen-bond donors (Lipinski definition) is 1. The van der Waals surface area contributed by atoms with Gasteiger partial charge in [0, 0.05) is 31.4 Å². The summed E-state index contributed by atoms with van der Waals surface area (Å²) in [5, 5.41) is 3.17. The summed E-state index contributed by atoms with van der Waals surface area (Å²) in [6.45, 7) is 9.68. The molecule has 1 saturated heterocycles. The van der Waals surface area contributed by atoms with Crippen LogP contribution in [0.4, 0.5) is 10.2 Å². The lowest BCUT2D eigenvalue weighted by atomic mass is 9.92. The van der Waals surface area contributed by atoms with Crippen LogP contribution in [-0.2, 0) is 6.54 Å². The second-order valence-electron chi connectivity index (χ2n) is 5.74. The molecular formula is C15H24FN3. The molecule has 0 spiro atoms. The molecule has 1 aromatic rings. The summed E-state index contributed by atoms with van der Waals surface area (Å²) in [5.74, 6) is 1.56. The number of halogens is 1. The van der Waals surface area contributed by atoms with Crippen LogP contribution in [-0.4, -0.2) is 24.6 Å². The molecule has 1 aromatic heterocycles. The fourth-order valence-corrected chi connectivity index (χ4v) is 2.92. The summed E-state index contributed by atoms with van der Waals surface area (Å²) in [7, 11) is 0. The maximum atomic E-state index is 14.5. The second-order valence-corrected chi connectivity index (χ2v) is 5.74. The zero-order chi connectivity index (χ0) is 13.8. The van der Waals surface area contributed by atoms with Gasteiger partial charge in [-0.2, -0.15) is 0 Å². The maximum Gasteiger partial charge on any atom is 0.170 e. The van der Waals surface area contributed by atoms with Gasteiger partial charge in [0.15, 0.2) is 11.6 Å². The Kier molecular flexibility index (Phi) is 4.75. The molecule has 2 unspecified atom stereocenters. The van der Waals surface area contributed by atoms with Crippen LogP contribution in [0.15, 0.2) is 12.3 Å². The molecule has 0 bridgehead atoms. The topological polar surface area (TPSA) is 28.2 Å². The van der Waals surface area contributed by atoms with Crippen LogP contribution in [0.25, 0.3) is 0 Å². The van der Waals surface area contributed by atoms with Crippen LogP contribution < -0.4 is 10.2 Å². The Hall–Kier alpha value is -1.16. The van der Waals surface area contributed by atoms with Crippen molar-refractivity contribution in [3.05, 3.63) is 23.6 Å². The third kappa shape index (κ3) is 3.44. The van der Waals surface area contributed by atoms with Crippen LogP contribution in [0.5, 0.6) is 0 Å². The van der Waals surface area contributed by atoms with E-state index in [1.807, 2.05) is 6.92 Å². The molecule has 2 atom stereocenters. The van der Waals surface area contributed by atoms with Crippen LogP contribution in [0, 0.1) is 17.7 Å². The van der Waals surface area contributed by atoms with Crippen molar-refractivity contribution < 1.29 is 4.39 Å². The molecule has 4 heteroatoms. The first kappa shape index (κ1) is 14.3. The van der Waals surface area contributed by atoms with E-state index in [1.54, 1.807) is 12.3 Å². The number of anilines is 1. The number of hydrogen-bond acceptors (Lipinski definition) is 3. The molecule has 0 aromatic carbocycles. The van der Waals surface area contributed by atoms with E-state index in [2.05, 4.69) is 29.0 Å². The first-order valence-electron chi connectivity index (χ1n) is 7.20. The molecule has 1 aliphatic heterocycles. The summed E-state index contributed by atoms with van der Waals surface area (Å²) in [6.07, 6.45) is 2.93. The molecule has 1 aliphatic rings. The lowest BCUT2D eigenvalue weighted by Gasteiger charge is -2.36. The third-order valence-electron chi connectivity index (χ3n) is 3.68. The van der Waals surface area contributed by atoms with Crippen LogP contribution >= 0.6 is 0 Å². The van der Waals surface area contributed by atoms with E-state index in [1.165, 1.54) is 6.42 Å². The van der Waals surface area contributed by atoms with Crippen LogP contribution in [0.3, 0.4) is 0 Å². The fourth-order valence-electron chi connectivity index (χ4n) is 2.92. The van der Waals surface area contributed by atoms with Crippen LogP contribution in [0.1, 0.15) is 32.8 Å². The van der Waals surface area contributed by atoms with Gasteiger partial charge in [0.2, 0.25) is 0 Å². The molecule has 0 saturated carbocycles. The number of aromatic nitrogens is 1. The Bertz CT molecular complexity index is 412. The van der Waals surface area contributed by atoms with Crippen molar-refractivity contribution in [1.29, 1.82) is 0 Å². The number of nitrogens with one attached hydrogen (secondary N) is 1. The molecule has 1 fully saturated rings. The monoisotopic (exact) mass is 265 g/mol. The Balaban J connectivity index is 2.19. The first-order chi connectivity index (χ1) is 9.11. The van der Waals surface area contributed by atoms with Crippen molar-refractivity contribution in [2.75, 3.05) is 24.5 Å². The number of pyridine rings is 1. The highest BCUT2D eigenvalue weighted by molar-refractivity contribution is 5.43. The highest BCUT2D eigenvalue weighted by Crippen LogP contribution is 2.27. The van der Waals surface area contributed by atoms with Crippen molar-refractivity contribution in [2.24, 2.45) is 11.8 Å². The van der Waals surface area contributed by atoms with Gasteiger partial charge >= 0.3 is 0 Å². The van der Waals surface area contributed by atoms with Gasteiger partial charge in [-0.3, -0.25) is 0 Å². The Morgan fingerprint density at radius 2 is 2.05 bits per heavy atom. The fraction of sp³-hybridized carbons (Fsp3) is 0.667. The molecule has 2 heterocycles. The van der Waals surface area contributed by atoms with E-state index in [0.717, 1.165) is 19.6 Å². The van der Waals surface area contributed by atoms with E-state index in [4.69, 9.17) is 0 Å². The van der Waals surface area contributed by atoms with Gasteiger partial charge in [-0.05, 0) is 30.9 Å². The van der Waals surface area contributed by atoms with Gasteiger partial charge in [-0.15, -0.1) is 0 Å². The van der Waals surface area contributed by atoms with E-state index >= 15 is 0 Å². The predicted octanol–water partition coefficient (Wildman–Crippen LogP) is 2.81. The van der Waals surface area contributed by atoms with Gasteiger partial charge in [0.05, 0.1) is 0 Å². The summed E-state index contributed by atoms with van der Waals surface area (Å²) in [5.41, 5.74) is 0.706. The minimum Gasteiger partial charge on any atom is -0.354 e. The molecular weight excluding hydrogens is 241 g/mol. The van der Waals surface area contributed by atoms with Crippen LogP contribution in [0.2, 0.25) is 0 Å². The summed E-state index contributed by atoms with van der Waals surface area (Å²) < 4.78 is 14.5. The van der Waals surface area contributed by atoms with Gasteiger partial charge in [0.25, 0.3) is 0 Å². The first-order valence-corrected chi connectivity index (χ1v) is 7.20. The quantitative estimate of drug-likeness (QED) is 0.907. The van der Waals surface area contributed by atoms with Crippen molar-refractivity contribution in [1.82, 2.24) is 10.3 Å². The second kappa shape index (κ2) is 6.33. The van der Waals surface area contributed by atoms with E-state index < -0.39 is 0 Å². The lowest BCUT2D eigenvalue weighted by molar-refractivity contribution is 0.352. The molecule has 106 valence electrons. The Labute approximate surface area is 115 Å².